The molecular weight excluding hydrogens is 269 g/mol. The number of hydrogen-bond acceptors (Lipinski definition) is 3. The molecule has 102 valence electrons. The molecule has 1 atom stereocenters. The van der Waals surface area contributed by atoms with Crippen molar-refractivity contribution in [3.8, 4) is 0 Å². The molecule has 0 aliphatic heterocycles. The van der Waals surface area contributed by atoms with Crippen LogP contribution in [0.5, 0.6) is 0 Å². The number of hydrogen-bond donors (Lipinski definition) is 2. The molecule has 1 aromatic rings. The fourth-order valence-corrected chi connectivity index (χ4v) is 2.30. The van der Waals surface area contributed by atoms with Crippen LogP contribution in [-0.2, 0) is 10.4 Å². The average Bonchev–Trinajstić information content (AvgIpc) is 2.62. The lowest BCUT2D eigenvalue weighted by Crippen LogP contribution is -2.49. The summed E-state index contributed by atoms with van der Waals surface area (Å²) in [5, 5.41) is 18.3. The Bertz CT molecular complexity index is 460. The minimum atomic E-state index is -5.35. The standard InChI is InChI=1S/C10H13F3O4Si/c1-18(2,3)7-5-4-6(17-7)9(16,8(14)15)10(11,12)13/h4-5,16H,1-3H3,(H,14,15). The van der Waals surface area contributed by atoms with Gasteiger partial charge in [-0.25, -0.2) is 4.79 Å². The van der Waals surface area contributed by atoms with Gasteiger partial charge in [-0.05, 0) is 12.1 Å². The summed E-state index contributed by atoms with van der Waals surface area (Å²) in [5.41, 5.74) is -4.01. The zero-order valence-corrected chi connectivity index (χ0v) is 11.0. The number of rotatable bonds is 3. The normalized spacial score (nSPS) is 16.4. The first-order chi connectivity index (χ1) is 7.90. The third-order valence-electron chi connectivity index (χ3n) is 2.42. The molecule has 0 saturated heterocycles. The Labute approximate surface area is 102 Å². The van der Waals surface area contributed by atoms with Gasteiger partial charge in [0.1, 0.15) is 8.07 Å². The molecule has 1 unspecified atom stereocenters. The van der Waals surface area contributed by atoms with Crippen LogP contribution in [0.1, 0.15) is 5.76 Å². The fraction of sp³-hybridized carbons (Fsp3) is 0.500. The molecule has 0 radical (unpaired) electrons. The number of aliphatic carboxylic acids is 1. The molecule has 8 heteroatoms. The second kappa shape index (κ2) is 4.13. The molecule has 0 aliphatic rings. The summed E-state index contributed by atoms with van der Waals surface area (Å²) in [4.78, 5) is 10.7. The van der Waals surface area contributed by atoms with Crippen molar-refractivity contribution in [2.24, 2.45) is 0 Å². The molecule has 2 N–H and O–H groups in total. The van der Waals surface area contributed by atoms with Crippen LogP contribution in [0.25, 0.3) is 0 Å². The van der Waals surface area contributed by atoms with Gasteiger partial charge < -0.3 is 14.6 Å². The summed E-state index contributed by atoms with van der Waals surface area (Å²) in [6, 6.07) is 2.14. The summed E-state index contributed by atoms with van der Waals surface area (Å²) in [6.07, 6.45) is -5.35. The van der Waals surface area contributed by atoms with E-state index >= 15 is 0 Å². The van der Waals surface area contributed by atoms with E-state index in [1.807, 2.05) is 19.6 Å². The monoisotopic (exact) mass is 282 g/mol. The smallest absolute Gasteiger partial charge is 0.435 e. The molecule has 0 aromatic carbocycles. The Kier molecular flexibility index (Phi) is 3.39. The van der Waals surface area contributed by atoms with Crippen molar-refractivity contribution >= 4 is 19.4 Å². The van der Waals surface area contributed by atoms with Gasteiger partial charge in [-0.2, -0.15) is 13.2 Å². The second-order valence-electron chi connectivity index (χ2n) is 4.93. The van der Waals surface area contributed by atoms with Crippen molar-refractivity contribution in [3.05, 3.63) is 17.9 Å². The Balaban J connectivity index is 3.34. The second-order valence-corrected chi connectivity index (χ2v) is 9.92. The highest BCUT2D eigenvalue weighted by molar-refractivity contribution is 6.87. The number of carboxylic acids is 1. The third kappa shape index (κ3) is 2.30. The average molecular weight is 282 g/mol. The van der Waals surface area contributed by atoms with Gasteiger partial charge in [-0.3, -0.25) is 0 Å². The molecule has 0 spiro atoms. The SMILES string of the molecule is C[Si](C)(C)c1ccc(C(O)(C(=O)O)C(F)(F)F)o1. The summed E-state index contributed by atoms with van der Waals surface area (Å²) in [5.74, 6) is -3.42. The minimum absolute atomic E-state index is 0.293. The molecule has 1 aromatic heterocycles. The molecular formula is C10H13F3O4Si. The van der Waals surface area contributed by atoms with Crippen molar-refractivity contribution in [2.45, 2.75) is 31.4 Å². The van der Waals surface area contributed by atoms with Crippen LogP contribution in [0.2, 0.25) is 19.6 Å². The van der Waals surface area contributed by atoms with Crippen LogP contribution in [-0.4, -0.2) is 30.4 Å². The van der Waals surface area contributed by atoms with E-state index in [4.69, 9.17) is 9.52 Å². The highest BCUT2D eigenvalue weighted by Crippen LogP contribution is 2.39. The van der Waals surface area contributed by atoms with E-state index in [0.717, 1.165) is 6.07 Å². The summed E-state index contributed by atoms with van der Waals surface area (Å²) >= 11 is 0. The van der Waals surface area contributed by atoms with Gasteiger partial charge >= 0.3 is 17.7 Å². The Morgan fingerprint density at radius 2 is 1.78 bits per heavy atom. The van der Waals surface area contributed by atoms with Gasteiger partial charge in [-0.15, -0.1) is 0 Å². The fourth-order valence-electron chi connectivity index (χ4n) is 1.30. The maximum atomic E-state index is 12.7. The highest BCUT2D eigenvalue weighted by Gasteiger charge is 2.63. The van der Waals surface area contributed by atoms with Crippen LogP contribution in [0.3, 0.4) is 0 Å². The first-order valence-electron chi connectivity index (χ1n) is 5.04. The molecule has 0 fully saturated rings. The zero-order valence-electron chi connectivity index (χ0n) is 10.00. The van der Waals surface area contributed by atoms with Crippen molar-refractivity contribution in [1.29, 1.82) is 0 Å². The van der Waals surface area contributed by atoms with E-state index in [2.05, 4.69) is 0 Å². The maximum Gasteiger partial charge on any atom is 0.435 e. The molecule has 0 saturated carbocycles. The first kappa shape index (κ1) is 14.8. The van der Waals surface area contributed by atoms with Crippen LogP contribution in [0, 0.1) is 0 Å². The first-order valence-corrected chi connectivity index (χ1v) is 8.54. The number of alkyl halides is 3. The molecule has 1 rings (SSSR count). The third-order valence-corrected chi connectivity index (χ3v) is 4.17. The molecule has 0 amide bonds. The summed E-state index contributed by atoms with van der Waals surface area (Å²) in [7, 11) is -2.02. The molecule has 18 heavy (non-hydrogen) atoms. The van der Waals surface area contributed by atoms with Gasteiger partial charge in [0.25, 0.3) is 0 Å². The van der Waals surface area contributed by atoms with Crippen LogP contribution in [0.15, 0.2) is 16.5 Å². The number of aliphatic hydroxyl groups is 1. The predicted molar refractivity (Wildman–Crippen MR) is 59.3 cm³/mol. The number of furan rings is 1. The van der Waals surface area contributed by atoms with E-state index in [1.165, 1.54) is 6.07 Å². The van der Waals surface area contributed by atoms with Crippen LogP contribution < -0.4 is 5.38 Å². The topological polar surface area (TPSA) is 70.7 Å². The number of carbonyl (C=O) groups is 1. The van der Waals surface area contributed by atoms with Crippen molar-refractivity contribution < 1.29 is 32.6 Å². The van der Waals surface area contributed by atoms with E-state index in [0.29, 0.717) is 5.38 Å². The largest absolute Gasteiger partial charge is 0.478 e. The molecule has 0 aliphatic carbocycles. The maximum absolute atomic E-state index is 12.7. The van der Waals surface area contributed by atoms with Gasteiger partial charge in [0.15, 0.2) is 5.76 Å². The van der Waals surface area contributed by atoms with Crippen molar-refractivity contribution in [3.63, 3.8) is 0 Å². The van der Waals surface area contributed by atoms with Crippen LogP contribution >= 0.6 is 0 Å². The van der Waals surface area contributed by atoms with Gasteiger partial charge in [-0.1, -0.05) is 19.6 Å². The Morgan fingerprint density at radius 3 is 2.06 bits per heavy atom. The van der Waals surface area contributed by atoms with Crippen molar-refractivity contribution in [2.75, 3.05) is 0 Å². The highest BCUT2D eigenvalue weighted by atomic mass is 28.3. The van der Waals surface area contributed by atoms with E-state index < -0.39 is 31.6 Å². The molecule has 1 heterocycles. The summed E-state index contributed by atoms with van der Waals surface area (Å²) < 4.78 is 42.9. The quantitative estimate of drug-likeness (QED) is 0.827. The lowest BCUT2D eigenvalue weighted by molar-refractivity contribution is -0.270. The number of carboxylic acid groups (broad SMARTS) is 1. The van der Waals surface area contributed by atoms with E-state index in [-0.39, 0.29) is 0 Å². The molecule has 4 nitrogen and oxygen atoms in total. The van der Waals surface area contributed by atoms with Gasteiger partial charge in [0, 0.05) is 0 Å². The Morgan fingerprint density at radius 1 is 1.28 bits per heavy atom. The number of halogens is 3. The predicted octanol–water partition coefficient (Wildman–Crippen LogP) is 1.66. The Hall–Kier alpha value is -1.28. The van der Waals surface area contributed by atoms with E-state index in [9.17, 15) is 23.1 Å². The lowest BCUT2D eigenvalue weighted by Gasteiger charge is -2.24. The van der Waals surface area contributed by atoms with E-state index in [1.54, 1.807) is 0 Å². The zero-order chi connectivity index (χ0) is 14.4. The van der Waals surface area contributed by atoms with Crippen molar-refractivity contribution in [1.82, 2.24) is 0 Å². The molecule has 0 bridgehead atoms. The van der Waals surface area contributed by atoms with Gasteiger partial charge in [0.2, 0.25) is 0 Å². The van der Waals surface area contributed by atoms with Gasteiger partial charge in [0.05, 0.1) is 5.38 Å². The van der Waals surface area contributed by atoms with Crippen LogP contribution in [0.4, 0.5) is 13.2 Å². The minimum Gasteiger partial charge on any atom is -0.478 e. The summed E-state index contributed by atoms with van der Waals surface area (Å²) in [6.45, 7) is 5.47. The lowest BCUT2D eigenvalue weighted by atomic mass is 10.0.